The lowest BCUT2D eigenvalue weighted by Gasteiger charge is -2.11. The van der Waals surface area contributed by atoms with E-state index in [4.69, 9.17) is 4.74 Å². The van der Waals surface area contributed by atoms with Crippen LogP contribution in [0, 0.1) is 0 Å². The molecule has 7 nitrogen and oxygen atoms in total. The van der Waals surface area contributed by atoms with Crippen molar-refractivity contribution in [2.24, 2.45) is 0 Å². The molecule has 0 aromatic carbocycles. The Morgan fingerprint density at radius 1 is 1.20 bits per heavy atom. The summed E-state index contributed by atoms with van der Waals surface area (Å²) in [5.74, 6) is 0.924. The van der Waals surface area contributed by atoms with Crippen LogP contribution in [0.25, 0.3) is 0 Å². The fourth-order valence-corrected chi connectivity index (χ4v) is 1.49. The Labute approximate surface area is 117 Å². The molecule has 0 aliphatic carbocycles. The second-order valence-electron chi connectivity index (χ2n) is 4.40. The predicted octanol–water partition coefficient (Wildman–Crippen LogP) is 1.71. The highest BCUT2D eigenvalue weighted by atomic mass is 16.5. The van der Waals surface area contributed by atoms with E-state index in [1.165, 1.54) is 0 Å². The Kier molecular flexibility index (Phi) is 4.65. The van der Waals surface area contributed by atoms with Gasteiger partial charge in [-0.15, -0.1) is 0 Å². The van der Waals surface area contributed by atoms with Crippen molar-refractivity contribution in [3.63, 3.8) is 0 Å². The summed E-state index contributed by atoms with van der Waals surface area (Å²) in [5, 5.41) is 6.01. The molecule has 0 saturated heterocycles. The van der Waals surface area contributed by atoms with E-state index in [1.54, 1.807) is 19.4 Å². The smallest absolute Gasteiger partial charge is 0.323 e. The molecule has 0 saturated carbocycles. The number of rotatable bonds is 6. The minimum atomic E-state index is 0.00767. The summed E-state index contributed by atoms with van der Waals surface area (Å²) >= 11 is 0. The van der Waals surface area contributed by atoms with Crippen LogP contribution < -0.4 is 15.4 Å². The number of nitrogens with zero attached hydrogens (tertiary/aromatic N) is 4. The lowest BCUT2D eigenvalue weighted by atomic mass is 10.3. The van der Waals surface area contributed by atoms with Gasteiger partial charge in [0.1, 0.15) is 0 Å². The van der Waals surface area contributed by atoms with Crippen LogP contribution in [-0.2, 0) is 6.54 Å². The zero-order valence-corrected chi connectivity index (χ0v) is 11.8. The maximum absolute atomic E-state index is 5.49. The van der Waals surface area contributed by atoms with E-state index in [0.717, 1.165) is 5.56 Å². The molecule has 2 aromatic heterocycles. The van der Waals surface area contributed by atoms with Gasteiger partial charge < -0.3 is 15.4 Å². The van der Waals surface area contributed by atoms with Crippen molar-refractivity contribution in [3.05, 3.63) is 30.1 Å². The predicted molar refractivity (Wildman–Crippen MR) is 76.7 cm³/mol. The lowest BCUT2D eigenvalue weighted by molar-refractivity contribution is 0.222. The summed E-state index contributed by atoms with van der Waals surface area (Å²) in [7, 11) is 1.75. The minimum Gasteiger partial charge on any atom is -0.461 e. The Hall–Kier alpha value is -2.44. The highest BCUT2D eigenvalue weighted by Gasteiger charge is 2.08. The van der Waals surface area contributed by atoms with Gasteiger partial charge in [0, 0.05) is 26.0 Å². The number of hydrogen-bond donors (Lipinski definition) is 2. The Bertz CT molecular complexity index is 546. The van der Waals surface area contributed by atoms with Crippen LogP contribution in [0.2, 0.25) is 0 Å². The fourth-order valence-electron chi connectivity index (χ4n) is 1.49. The molecule has 0 unspecified atom stereocenters. The summed E-state index contributed by atoms with van der Waals surface area (Å²) in [5.41, 5.74) is 1.05. The van der Waals surface area contributed by atoms with Gasteiger partial charge in [0.2, 0.25) is 11.9 Å². The molecule has 0 fully saturated rings. The Morgan fingerprint density at radius 2 is 2.00 bits per heavy atom. The van der Waals surface area contributed by atoms with Crippen molar-refractivity contribution in [3.8, 4) is 6.01 Å². The largest absolute Gasteiger partial charge is 0.461 e. The fraction of sp³-hybridized carbons (Fsp3) is 0.385. The number of pyridine rings is 1. The molecule has 106 valence electrons. The molecule has 2 aromatic rings. The van der Waals surface area contributed by atoms with E-state index in [1.807, 2.05) is 26.0 Å². The number of hydrogen-bond acceptors (Lipinski definition) is 7. The van der Waals surface area contributed by atoms with Crippen LogP contribution >= 0.6 is 0 Å². The van der Waals surface area contributed by atoms with E-state index in [-0.39, 0.29) is 6.10 Å². The van der Waals surface area contributed by atoms with Gasteiger partial charge >= 0.3 is 6.01 Å². The first-order valence-electron chi connectivity index (χ1n) is 6.40. The zero-order chi connectivity index (χ0) is 14.4. The van der Waals surface area contributed by atoms with Gasteiger partial charge in [-0.1, -0.05) is 6.07 Å². The number of aromatic nitrogens is 4. The molecule has 0 radical (unpaired) electrons. The van der Waals surface area contributed by atoms with Crippen molar-refractivity contribution in [2.45, 2.75) is 26.5 Å². The lowest BCUT2D eigenvalue weighted by Crippen LogP contribution is -2.13. The molecule has 0 bridgehead atoms. The van der Waals surface area contributed by atoms with Crippen LogP contribution in [-0.4, -0.2) is 33.1 Å². The van der Waals surface area contributed by atoms with Gasteiger partial charge in [-0.3, -0.25) is 4.98 Å². The second kappa shape index (κ2) is 6.65. The van der Waals surface area contributed by atoms with E-state index < -0.39 is 0 Å². The van der Waals surface area contributed by atoms with E-state index in [0.29, 0.717) is 24.5 Å². The average molecular weight is 274 g/mol. The third-order valence-electron chi connectivity index (χ3n) is 2.35. The summed E-state index contributed by atoms with van der Waals surface area (Å²) < 4.78 is 5.49. The molecule has 0 spiro atoms. The van der Waals surface area contributed by atoms with E-state index in [9.17, 15) is 0 Å². The quantitative estimate of drug-likeness (QED) is 0.829. The molecule has 0 amide bonds. The second-order valence-corrected chi connectivity index (χ2v) is 4.40. The highest BCUT2D eigenvalue weighted by Crippen LogP contribution is 2.12. The van der Waals surface area contributed by atoms with Crippen LogP contribution in [0.15, 0.2) is 24.5 Å². The molecular weight excluding hydrogens is 256 g/mol. The van der Waals surface area contributed by atoms with Gasteiger partial charge in [0.05, 0.1) is 6.10 Å². The standard InChI is InChI=1S/C13H18N6O/c1-9(2)20-13-18-11(14-3)17-12(19-13)16-8-10-5-4-6-15-7-10/h4-7,9H,8H2,1-3H3,(H2,14,16,17,18,19). The van der Waals surface area contributed by atoms with Crippen molar-refractivity contribution < 1.29 is 4.74 Å². The highest BCUT2D eigenvalue weighted by molar-refractivity contribution is 5.36. The summed E-state index contributed by atoms with van der Waals surface area (Å²) in [6.45, 7) is 4.43. The molecule has 20 heavy (non-hydrogen) atoms. The molecule has 7 heteroatoms. The topological polar surface area (TPSA) is 84.9 Å². The Morgan fingerprint density at radius 3 is 2.65 bits per heavy atom. The summed E-state index contributed by atoms with van der Waals surface area (Å²) in [6, 6.07) is 4.16. The maximum Gasteiger partial charge on any atom is 0.323 e. The number of anilines is 2. The molecular formula is C13H18N6O. The van der Waals surface area contributed by atoms with Crippen molar-refractivity contribution in [1.29, 1.82) is 0 Å². The average Bonchev–Trinajstić information content (AvgIpc) is 2.45. The van der Waals surface area contributed by atoms with Crippen molar-refractivity contribution in [1.82, 2.24) is 19.9 Å². The molecule has 0 atom stereocenters. The molecule has 2 N–H and O–H groups in total. The third kappa shape index (κ3) is 4.04. The normalized spacial score (nSPS) is 10.4. The molecule has 0 aliphatic rings. The maximum atomic E-state index is 5.49. The van der Waals surface area contributed by atoms with Crippen molar-refractivity contribution >= 4 is 11.9 Å². The van der Waals surface area contributed by atoms with Crippen LogP contribution in [0.1, 0.15) is 19.4 Å². The monoisotopic (exact) mass is 274 g/mol. The van der Waals surface area contributed by atoms with Gasteiger partial charge in [0.25, 0.3) is 0 Å². The Balaban J connectivity index is 2.10. The minimum absolute atomic E-state index is 0.00767. The first-order valence-corrected chi connectivity index (χ1v) is 6.40. The molecule has 2 rings (SSSR count). The van der Waals surface area contributed by atoms with Crippen LogP contribution in [0.3, 0.4) is 0 Å². The number of ether oxygens (including phenoxy) is 1. The van der Waals surface area contributed by atoms with Crippen molar-refractivity contribution in [2.75, 3.05) is 17.7 Å². The third-order valence-corrected chi connectivity index (χ3v) is 2.35. The van der Waals surface area contributed by atoms with E-state index in [2.05, 4.69) is 30.6 Å². The van der Waals surface area contributed by atoms with Crippen LogP contribution in [0.4, 0.5) is 11.9 Å². The first kappa shape index (κ1) is 14.0. The SMILES string of the molecule is CNc1nc(NCc2cccnc2)nc(OC(C)C)n1. The number of nitrogens with one attached hydrogen (secondary N) is 2. The van der Waals surface area contributed by atoms with Gasteiger partial charge in [-0.2, -0.15) is 15.0 Å². The summed E-state index contributed by atoms with van der Waals surface area (Å²) in [4.78, 5) is 16.6. The van der Waals surface area contributed by atoms with Gasteiger partial charge in [0.15, 0.2) is 0 Å². The van der Waals surface area contributed by atoms with Gasteiger partial charge in [-0.05, 0) is 25.5 Å². The molecule has 2 heterocycles. The zero-order valence-electron chi connectivity index (χ0n) is 11.8. The van der Waals surface area contributed by atoms with Crippen LogP contribution in [0.5, 0.6) is 6.01 Å². The molecule has 0 aliphatic heterocycles. The first-order chi connectivity index (χ1) is 9.67. The van der Waals surface area contributed by atoms with Gasteiger partial charge in [-0.25, -0.2) is 0 Å². The van der Waals surface area contributed by atoms with E-state index >= 15 is 0 Å². The summed E-state index contributed by atoms with van der Waals surface area (Å²) in [6.07, 6.45) is 3.53.